The molecule has 7 heteroatoms. The number of hydrogen-bond donors (Lipinski definition) is 0. The zero-order valence-corrected chi connectivity index (χ0v) is 16.2. The van der Waals surface area contributed by atoms with Crippen LogP contribution in [-0.4, -0.2) is 16.1 Å². The minimum Gasteiger partial charge on any atom is -0.291 e. The Labute approximate surface area is 161 Å². The van der Waals surface area contributed by atoms with E-state index in [1.807, 2.05) is 6.29 Å². The molecule has 0 amide bonds. The van der Waals surface area contributed by atoms with E-state index >= 15 is 0 Å². The fraction of sp³-hybridized carbons (Fsp3) is 0.650. The first-order chi connectivity index (χ1) is 13.0. The van der Waals surface area contributed by atoms with Crippen molar-refractivity contribution in [2.24, 2.45) is 0 Å². The van der Waals surface area contributed by atoms with Crippen LogP contribution in [0.5, 0.6) is 0 Å². The first-order valence-corrected chi connectivity index (χ1v) is 9.69. The zero-order chi connectivity index (χ0) is 20.3. The molecule has 7 nitrogen and oxygen atoms in total. The Bertz CT molecular complexity index is 538. The molecule has 0 aliphatic heterocycles. The Hall–Kier alpha value is -2.31. The van der Waals surface area contributed by atoms with Gasteiger partial charge >= 0.3 is 0 Å². The molecule has 0 aliphatic rings. The summed E-state index contributed by atoms with van der Waals surface area (Å²) in [6.07, 6.45) is 16.9. The normalized spacial score (nSPS) is 12.5. The van der Waals surface area contributed by atoms with E-state index in [-0.39, 0.29) is 27.7 Å². The van der Waals surface area contributed by atoms with Crippen molar-refractivity contribution in [1.29, 1.82) is 0 Å². The maximum atomic E-state index is 11.1. The van der Waals surface area contributed by atoms with Crippen LogP contribution in [0.25, 0.3) is 0 Å². The highest BCUT2D eigenvalue weighted by Gasteiger charge is 2.09. The van der Waals surface area contributed by atoms with Crippen LogP contribution in [0, 0.1) is 20.2 Å². The summed E-state index contributed by atoms with van der Waals surface area (Å²) in [7, 11) is 0. The summed E-state index contributed by atoms with van der Waals surface area (Å²) in [6, 6.07) is 0. The fourth-order valence-electron chi connectivity index (χ4n) is 2.52. The maximum Gasteiger partial charge on any atom is 0.246 e. The van der Waals surface area contributed by atoms with Gasteiger partial charge in [0.25, 0.3) is 0 Å². The van der Waals surface area contributed by atoms with Gasteiger partial charge < -0.3 is 0 Å². The van der Waals surface area contributed by atoms with Crippen molar-refractivity contribution in [3.8, 4) is 0 Å². The van der Waals surface area contributed by atoms with Crippen LogP contribution in [0.3, 0.4) is 0 Å². The van der Waals surface area contributed by atoms with Gasteiger partial charge in [-0.25, -0.2) is 0 Å². The third kappa shape index (κ3) is 14.5. The summed E-state index contributed by atoms with van der Waals surface area (Å²) >= 11 is 0. The Morgan fingerprint density at radius 2 is 1.59 bits per heavy atom. The molecule has 1 radical (unpaired) electrons. The lowest BCUT2D eigenvalue weighted by Crippen LogP contribution is -1.99. The number of carbonyl (C=O) groups excluding carboxylic acids is 1. The molecule has 0 N–H and O–H groups in total. The number of hydrogen-bond acceptors (Lipinski definition) is 5. The van der Waals surface area contributed by atoms with Crippen molar-refractivity contribution in [2.75, 3.05) is 0 Å². The summed E-state index contributed by atoms with van der Waals surface area (Å²) < 4.78 is 0. The summed E-state index contributed by atoms with van der Waals surface area (Å²) in [6.45, 7) is 2.08. The van der Waals surface area contributed by atoms with Crippen LogP contribution in [-0.2, 0) is 4.79 Å². The highest BCUT2D eigenvalue weighted by molar-refractivity contribution is 5.50. The Balaban J connectivity index is 4.34. The van der Waals surface area contributed by atoms with E-state index in [4.69, 9.17) is 0 Å². The molecule has 0 saturated heterocycles. The number of nitrogens with zero attached hydrogens (tertiary/aromatic N) is 2. The van der Waals surface area contributed by atoms with Crippen molar-refractivity contribution < 1.29 is 14.6 Å². The van der Waals surface area contributed by atoms with Crippen LogP contribution >= 0.6 is 0 Å². The highest BCUT2D eigenvalue weighted by Crippen LogP contribution is 2.13. The lowest BCUT2D eigenvalue weighted by atomic mass is 10.1. The molecule has 0 bridgehead atoms. The van der Waals surface area contributed by atoms with Crippen molar-refractivity contribution in [2.45, 2.75) is 84.0 Å². The molecule has 0 unspecified atom stereocenters. The molecule has 0 aliphatic carbocycles. The molecule has 0 spiro atoms. The number of nitro groups is 2. The van der Waals surface area contributed by atoms with E-state index in [0.717, 1.165) is 38.5 Å². The Kier molecular flexibility index (Phi) is 15.7. The van der Waals surface area contributed by atoms with Gasteiger partial charge in [0, 0.05) is 12.8 Å². The van der Waals surface area contributed by atoms with Crippen LogP contribution < -0.4 is 0 Å². The SMILES string of the molecule is CCCCC/C=C(/C/C=C/C/C=C(/CCCCCC[C]=O)[N+](=O)[O-])[N+](=O)[O-]. The van der Waals surface area contributed by atoms with Gasteiger partial charge in [0.15, 0.2) is 6.29 Å². The predicted molar refractivity (Wildman–Crippen MR) is 106 cm³/mol. The lowest BCUT2D eigenvalue weighted by Gasteiger charge is -1.99. The quantitative estimate of drug-likeness (QED) is 0.140. The van der Waals surface area contributed by atoms with Crippen molar-refractivity contribution >= 4 is 6.29 Å². The zero-order valence-electron chi connectivity index (χ0n) is 16.2. The van der Waals surface area contributed by atoms with Crippen molar-refractivity contribution in [3.63, 3.8) is 0 Å². The third-order valence-electron chi connectivity index (χ3n) is 4.10. The van der Waals surface area contributed by atoms with Gasteiger partial charge in [0.05, 0.1) is 16.3 Å². The van der Waals surface area contributed by atoms with Crippen LogP contribution in [0.2, 0.25) is 0 Å². The molecule has 0 rings (SSSR count). The molecule has 0 heterocycles. The van der Waals surface area contributed by atoms with E-state index < -0.39 is 0 Å². The van der Waals surface area contributed by atoms with Gasteiger partial charge in [-0.1, -0.05) is 44.8 Å². The van der Waals surface area contributed by atoms with E-state index in [1.165, 1.54) is 0 Å². The van der Waals surface area contributed by atoms with Gasteiger partial charge in [-0.15, -0.1) is 0 Å². The third-order valence-corrected chi connectivity index (χ3v) is 4.10. The van der Waals surface area contributed by atoms with Gasteiger partial charge in [-0.05, 0) is 44.3 Å². The van der Waals surface area contributed by atoms with E-state index in [0.29, 0.717) is 32.1 Å². The van der Waals surface area contributed by atoms with Gasteiger partial charge in [-0.2, -0.15) is 0 Å². The molecular weight excluding hydrogens is 348 g/mol. The minimum absolute atomic E-state index is 0.172. The molecule has 151 valence electrons. The highest BCUT2D eigenvalue weighted by atomic mass is 16.6. The van der Waals surface area contributed by atoms with Crippen LogP contribution in [0.1, 0.15) is 84.0 Å². The molecule has 0 aromatic carbocycles. The molecule has 0 fully saturated rings. The molecule has 0 aromatic rings. The smallest absolute Gasteiger partial charge is 0.246 e. The summed E-state index contributed by atoms with van der Waals surface area (Å²) in [5, 5.41) is 22.1. The lowest BCUT2D eigenvalue weighted by molar-refractivity contribution is -0.428. The molecule has 27 heavy (non-hydrogen) atoms. The predicted octanol–water partition coefficient (Wildman–Crippen LogP) is 5.67. The average Bonchev–Trinajstić information content (AvgIpc) is 2.63. The van der Waals surface area contributed by atoms with Crippen LogP contribution in [0.4, 0.5) is 0 Å². The Morgan fingerprint density at radius 1 is 0.889 bits per heavy atom. The molecular formula is C20H31N2O5. The van der Waals surface area contributed by atoms with E-state index in [2.05, 4.69) is 6.92 Å². The average molecular weight is 379 g/mol. The van der Waals surface area contributed by atoms with Crippen molar-refractivity contribution in [1.82, 2.24) is 0 Å². The standard InChI is InChI=1S/C20H31N2O5/c1-2-3-4-9-14-19(21(24)25)16-11-8-12-17-20(22(26)27)15-10-6-5-7-13-18-23/h8,11,14,17H,2-7,9-10,12-13,15-16H2,1H3/b11-8+,19-14-,20-17-. The second-order valence-corrected chi connectivity index (χ2v) is 6.37. The minimum atomic E-state index is -0.372. The monoisotopic (exact) mass is 379 g/mol. The fourth-order valence-corrected chi connectivity index (χ4v) is 2.52. The largest absolute Gasteiger partial charge is 0.291 e. The van der Waals surface area contributed by atoms with Gasteiger partial charge in [-0.3, -0.25) is 25.0 Å². The summed E-state index contributed by atoms with van der Waals surface area (Å²) in [5.41, 5.74) is 0.347. The number of unbranched alkanes of at least 4 members (excludes halogenated alkanes) is 7. The Morgan fingerprint density at radius 3 is 2.22 bits per heavy atom. The second kappa shape index (κ2) is 17.1. The number of allylic oxidation sites excluding steroid dienone is 5. The molecule has 0 aromatic heterocycles. The van der Waals surface area contributed by atoms with E-state index in [9.17, 15) is 25.0 Å². The van der Waals surface area contributed by atoms with Gasteiger partial charge in [0.2, 0.25) is 11.4 Å². The topological polar surface area (TPSA) is 103 Å². The van der Waals surface area contributed by atoms with E-state index in [1.54, 1.807) is 24.3 Å². The molecule has 0 atom stereocenters. The first-order valence-electron chi connectivity index (χ1n) is 9.69. The van der Waals surface area contributed by atoms with Gasteiger partial charge in [0.1, 0.15) is 0 Å². The maximum absolute atomic E-state index is 11.1. The summed E-state index contributed by atoms with van der Waals surface area (Å²) in [5.74, 6) is 0. The van der Waals surface area contributed by atoms with Crippen LogP contribution in [0.15, 0.2) is 35.7 Å². The molecule has 0 saturated carbocycles. The summed E-state index contributed by atoms with van der Waals surface area (Å²) in [4.78, 5) is 31.4. The first kappa shape index (κ1) is 24.7. The van der Waals surface area contributed by atoms with Crippen molar-refractivity contribution in [3.05, 3.63) is 55.9 Å². The number of rotatable bonds is 17. The second-order valence-electron chi connectivity index (χ2n) is 6.37.